The van der Waals surface area contributed by atoms with Gasteiger partial charge in [0.15, 0.2) is 0 Å². The Kier molecular flexibility index (Phi) is 9.30. The number of hydrogen-bond acceptors (Lipinski definition) is 2. The summed E-state index contributed by atoms with van der Waals surface area (Å²) >= 11 is 0. The fraction of sp³-hybridized carbons (Fsp3) is 0.294. The molecule has 0 saturated carbocycles. The van der Waals surface area contributed by atoms with Crippen LogP contribution in [0.1, 0.15) is 52.9 Å². The molecule has 38 heavy (non-hydrogen) atoms. The Morgan fingerprint density at radius 1 is 0.632 bits per heavy atom. The van der Waals surface area contributed by atoms with Crippen LogP contribution < -0.4 is 15.9 Å². The van der Waals surface area contributed by atoms with Crippen molar-refractivity contribution in [2.24, 2.45) is 4.99 Å². The molecule has 0 atom stereocenters. The van der Waals surface area contributed by atoms with Gasteiger partial charge in [-0.3, -0.25) is 9.98 Å². The molecule has 0 bridgehead atoms. The number of nitrogens with zero attached hydrogens (tertiary/aromatic N) is 2. The Hall–Kier alpha value is -2.66. The Labute approximate surface area is 232 Å². The molecule has 0 fully saturated rings. The topological polar surface area (TPSA) is 25.2 Å². The molecule has 0 aliphatic carbocycles. The standard InChI is InChI=1S/C34H40N2P2/c1-33(2,3)37(34(4,5)6)26-28-17-15-16-27(36-28)24-25-35-31-22-13-14-23-32(31)38(29-18-9-7-10-19-29)30-20-11-8-12-21-30/h7-23,25H,24,26H2,1-6H3. The van der Waals surface area contributed by atoms with Crippen molar-refractivity contribution in [2.45, 2.75) is 64.4 Å². The van der Waals surface area contributed by atoms with Gasteiger partial charge in [-0.1, -0.05) is 134 Å². The third-order valence-electron chi connectivity index (χ3n) is 6.49. The minimum Gasteiger partial charge on any atom is -0.260 e. The van der Waals surface area contributed by atoms with E-state index in [-0.39, 0.29) is 18.2 Å². The van der Waals surface area contributed by atoms with Crippen molar-refractivity contribution >= 4 is 43.7 Å². The van der Waals surface area contributed by atoms with Crippen molar-refractivity contribution in [2.75, 3.05) is 0 Å². The van der Waals surface area contributed by atoms with Gasteiger partial charge in [0, 0.05) is 35.5 Å². The molecule has 4 rings (SSSR count). The average molecular weight is 539 g/mol. The van der Waals surface area contributed by atoms with Gasteiger partial charge in [0.05, 0.1) is 5.69 Å². The zero-order valence-electron chi connectivity index (χ0n) is 23.6. The third kappa shape index (κ3) is 7.47. The molecule has 196 valence electrons. The molecule has 0 saturated heterocycles. The lowest BCUT2D eigenvalue weighted by molar-refractivity contribution is 0.701. The van der Waals surface area contributed by atoms with Crippen molar-refractivity contribution in [3.63, 3.8) is 0 Å². The van der Waals surface area contributed by atoms with Gasteiger partial charge in [-0.2, -0.15) is 0 Å². The molecule has 0 amide bonds. The van der Waals surface area contributed by atoms with Crippen LogP contribution in [-0.4, -0.2) is 21.5 Å². The summed E-state index contributed by atoms with van der Waals surface area (Å²) in [6.45, 7) is 14.2. The summed E-state index contributed by atoms with van der Waals surface area (Å²) in [5, 5.41) is 4.51. The number of aliphatic imine (C=N–C) groups is 1. The van der Waals surface area contributed by atoms with Crippen molar-refractivity contribution < 1.29 is 0 Å². The van der Waals surface area contributed by atoms with Crippen molar-refractivity contribution in [3.8, 4) is 0 Å². The molecule has 2 nitrogen and oxygen atoms in total. The van der Waals surface area contributed by atoms with Crippen molar-refractivity contribution in [1.29, 1.82) is 0 Å². The lowest BCUT2D eigenvalue weighted by Crippen LogP contribution is -2.26. The Balaban J connectivity index is 1.58. The minimum absolute atomic E-state index is 0.231. The SMILES string of the molecule is CC(C)(C)P(Cc1cccc(CC=Nc2ccccc2P(c2ccccc2)c2ccccc2)n1)C(C)(C)C. The molecule has 0 unspecified atom stereocenters. The molecule has 0 aliphatic rings. The van der Waals surface area contributed by atoms with E-state index < -0.39 is 7.92 Å². The second kappa shape index (κ2) is 12.5. The van der Waals surface area contributed by atoms with Crippen LogP contribution >= 0.6 is 15.8 Å². The van der Waals surface area contributed by atoms with Gasteiger partial charge in [0.2, 0.25) is 0 Å². The van der Waals surface area contributed by atoms with Crippen LogP contribution in [0.2, 0.25) is 0 Å². The van der Waals surface area contributed by atoms with E-state index in [4.69, 9.17) is 9.98 Å². The summed E-state index contributed by atoms with van der Waals surface area (Å²) in [4.78, 5) is 10.1. The minimum atomic E-state index is -0.702. The molecule has 4 aromatic rings. The molecule has 1 aromatic heterocycles. The Bertz CT molecular complexity index is 1280. The van der Waals surface area contributed by atoms with Crippen LogP contribution in [0.3, 0.4) is 0 Å². The zero-order valence-corrected chi connectivity index (χ0v) is 25.4. The normalized spacial score (nSPS) is 12.5. The van der Waals surface area contributed by atoms with E-state index in [9.17, 15) is 0 Å². The molecular formula is C34H40N2P2. The van der Waals surface area contributed by atoms with Gasteiger partial charge in [0.1, 0.15) is 0 Å². The quantitative estimate of drug-likeness (QED) is 0.163. The van der Waals surface area contributed by atoms with Gasteiger partial charge >= 0.3 is 0 Å². The first kappa shape index (κ1) is 28.4. The monoisotopic (exact) mass is 538 g/mol. The smallest absolute Gasteiger partial charge is 0.0709 e. The number of rotatable bonds is 8. The predicted octanol–water partition coefficient (Wildman–Crippen LogP) is 8.36. The average Bonchev–Trinajstić information content (AvgIpc) is 2.89. The molecule has 4 heteroatoms. The maximum absolute atomic E-state index is 5.05. The number of hydrogen-bond donors (Lipinski definition) is 0. The van der Waals surface area contributed by atoms with Crippen LogP contribution in [0.5, 0.6) is 0 Å². The number of para-hydroxylation sites is 1. The van der Waals surface area contributed by atoms with Gasteiger partial charge in [0.25, 0.3) is 0 Å². The number of pyridine rings is 1. The first-order chi connectivity index (χ1) is 18.1. The van der Waals surface area contributed by atoms with E-state index in [0.29, 0.717) is 0 Å². The Morgan fingerprint density at radius 3 is 1.74 bits per heavy atom. The predicted molar refractivity (Wildman–Crippen MR) is 171 cm³/mol. The summed E-state index contributed by atoms with van der Waals surface area (Å²) in [6.07, 6.45) is 3.80. The van der Waals surface area contributed by atoms with Crippen LogP contribution in [0.4, 0.5) is 5.69 Å². The largest absolute Gasteiger partial charge is 0.260 e. The van der Waals surface area contributed by atoms with Gasteiger partial charge in [-0.05, 0) is 47.0 Å². The van der Waals surface area contributed by atoms with Crippen LogP contribution in [0, 0.1) is 0 Å². The van der Waals surface area contributed by atoms with E-state index in [1.807, 2.05) is 6.21 Å². The van der Waals surface area contributed by atoms with Crippen molar-refractivity contribution in [3.05, 3.63) is 115 Å². The molecule has 0 spiro atoms. The van der Waals surface area contributed by atoms with E-state index in [1.54, 1.807) is 0 Å². The lowest BCUT2D eigenvalue weighted by Gasteiger charge is -2.41. The zero-order chi connectivity index (χ0) is 27.2. The summed E-state index contributed by atoms with van der Waals surface area (Å²) in [5.74, 6) is 0. The van der Waals surface area contributed by atoms with E-state index in [1.165, 1.54) is 21.6 Å². The molecule has 0 aliphatic heterocycles. The Morgan fingerprint density at radius 2 is 1.16 bits per heavy atom. The molecule has 0 radical (unpaired) electrons. The van der Waals surface area contributed by atoms with Crippen LogP contribution in [0.25, 0.3) is 0 Å². The van der Waals surface area contributed by atoms with E-state index >= 15 is 0 Å². The second-order valence-electron chi connectivity index (χ2n) is 11.6. The summed E-state index contributed by atoms with van der Waals surface area (Å²) < 4.78 is 0. The maximum Gasteiger partial charge on any atom is 0.0709 e. The highest BCUT2D eigenvalue weighted by molar-refractivity contribution is 7.80. The van der Waals surface area contributed by atoms with Crippen LogP contribution in [-0.2, 0) is 12.6 Å². The highest BCUT2D eigenvalue weighted by Crippen LogP contribution is 2.61. The summed E-state index contributed by atoms with van der Waals surface area (Å²) in [7, 11) is -0.933. The molecular weight excluding hydrogens is 498 g/mol. The highest BCUT2D eigenvalue weighted by atomic mass is 31.1. The summed E-state index contributed by atoms with van der Waals surface area (Å²) in [6, 6.07) is 36.7. The van der Waals surface area contributed by atoms with Gasteiger partial charge in [-0.15, -0.1) is 0 Å². The fourth-order valence-electron chi connectivity index (χ4n) is 4.95. The van der Waals surface area contributed by atoms with E-state index in [2.05, 4.69) is 145 Å². The number of aromatic nitrogens is 1. The fourth-order valence-corrected chi connectivity index (χ4v) is 10.8. The van der Waals surface area contributed by atoms with Crippen molar-refractivity contribution in [1.82, 2.24) is 4.98 Å². The third-order valence-corrected chi connectivity index (χ3v) is 12.9. The number of benzene rings is 3. The maximum atomic E-state index is 5.05. The molecule has 0 N–H and O–H groups in total. The molecule has 1 heterocycles. The van der Waals surface area contributed by atoms with E-state index in [0.717, 1.165) is 24.0 Å². The summed E-state index contributed by atoms with van der Waals surface area (Å²) in [5.41, 5.74) is 3.31. The highest BCUT2D eigenvalue weighted by Gasteiger charge is 2.34. The van der Waals surface area contributed by atoms with Crippen LogP contribution in [0.15, 0.2) is 108 Å². The van der Waals surface area contributed by atoms with Gasteiger partial charge in [-0.25, -0.2) is 0 Å². The molecule has 3 aromatic carbocycles. The lowest BCUT2D eigenvalue weighted by atomic mass is 10.2. The first-order valence-corrected chi connectivity index (χ1v) is 16.2. The second-order valence-corrected chi connectivity index (χ2v) is 17.6. The van der Waals surface area contributed by atoms with Gasteiger partial charge < -0.3 is 0 Å². The first-order valence-electron chi connectivity index (χ1n) is 13.4.